The molecular weight excluding hydrogens is 348 g/mol. The van der Waals surface area contributed by atoms with Gasteiger partial charge < -0.3 is 15.2 Å². The van der Waals surface area contributed by atoms with Crippen molar-refractivity contribution >= 4 is 46.2 Å². The number of thioether (sulfide) groups is 1. The molecule has 2 aromatic carbocycles. The number of nitrogens with zero attached hydrogens (tertiary/aromatic N) is 1. The van der Waals surface area contributed by atoms with E-state index in [9.17, 15) is 9.90 Å². The Morgan fingerprint density at radius 2 is 2.04 bits per heavy atom. The summed E-state index contributed by atoms with van der Waals surface area (Å²) in [7, 11) is 1.43. The van der Waals surface area contributed by atoms with E-state index in [2.05, 4.69) is 10.3 Å². The molecule has 1 fully saturated rings. The number of halogens is 1. The minimum atomic E-state index is -0.238. The van der Waals surface area contributed by atoms with Crippen molar-refractivity contribution in [3.8, 4) is 11.5 Å². The van der Waals surface area contributed by atoms with Crippen molar-refractivity contribution in [3.05, 3.63) is 58.0 Å². The molecule has 0 bridgehead atoms. The van der Waals surface area contributed by atoms with Crippen LogP contribution in [-0.4, -0.2) is 23.3 Å². The number of benzene rings is 2. The lowest BCUT2D eigenvalue weighted by atomic mass is 10.2. The van der Waals surface area contributed by atoms with Crippen LogP contribution < -0.4 is 10.1 Å². The standard InChI is InChI=1S/C17H13ClN2O3S/c1-23-13-8-10(7-12(18)15(13)21)9-14-16(22)20-17(24-14)19-11-5-3-2-4-6-11/h2-9,21H,1H3,(H,19,20,22)/b14-9-. The van der Waals surface area contributed by atoms with Crippen LogP contribution in [0.2, 0.25) is 5.02 Å². The average molecular weight is 361 g/mol. The lowest BCUT2D eigenvalue weighted by Crippen LogP contribution is -2.19. The van der Waals surface area contributed by atoms with Crippen molar-refractivity contribution in [2.75, 3.05) is 7.11 Å². The summed E-state index contributed by atoms with van der Waals surface area (Å²) in [6.07, 6.45) is 1.67. The molecule has 0 aromatic heterocycles. The Labute approximate surface area is 148 Å². The Bertz CT molecular complexity index is 850. The molecule has 0 radical (unpaired) electrons. The number of phenolic OH excluding ortho intramolecular Hbond substituents is 1. The number of carbonyl (C=O) groups excluding carboxylic acids is 1. The number of para-hydroxylation sites is 1. The van der Waals surface area contributed by atoms with E-state index < -0.39 is 0 Å². The number of amidine groups is 1. The Morgan fingerprint density at radius 1 is 1.29 bits per heavy atom. The lowest BCUT2D eigenvalue weighted by molar-refractivity contribution is -0.115. The highest BCUT2D eigenvalue weighted by Crippen LogP contribution is 2.36. The largest absolute Gasteiger partial charge is 0.503 e. The normalized spacial score (nSPS) is 17.3. The van der Waals surface area contributed by atoms with Crippen molar-refractivity contribution in [1.82, 2.24) is 5.32 Å². The number of amides is 1. The minimum Gasteiger partial charge on any atom is -0.503 e. The fourth-order valence-corrected chi connectivity index (χ4v) is 3.15. The summed E-state index contributed by atoms with van der Waals surface area (Å²) in [5.74, 6) is -0.120. The summed E-state index contributed by atoms with van der Waals surface area (Å²) >= 11 is 7.20. The zero-order valence-electron chi connectivity index (χ0n) is 12.6. The molecule has 24 heavy (non-hydrogen) atoms. The number of ether oxygens (including phenoxy) is 1. The van der Waals surface area contributed by atoms with E-state index in [1.165, 1.54) is 18.9 Å². The molecule has 1 heterocycles. The van der Waals surface area contributed by atoms with Crippen LogP contribution in [0.25, 0.3) is 6.08 Å². The Balaban J connectivity index is 1.88. The summed E-state index contributed by atoms with van der Waals surface area (Å²) in [6.45, 7) is 0. The molecule has 2 N–H and O–H groups in total. The third-order valence-electron chi connectivity index (χ3n) is 3.21. The van der Waals surface area contributed by atoms with Gasteiger partial charge in [0.2, 0.25) is 0 Å². The third-order valence-corrected chi connectivity index (χ3v) is 4.40. The van der Waals surface area contributed by atoms with E-state index in [1.54, 1.807) is 18.2 Å². The molecule has 0 aliphatic carbocycles. The predicted octanol–water partition coefficient (Wildman–Crippen LogP) is 3.95. The predicted molar refractivity (Wildman–Crippen MR) is 96.9 cm³/mol. The van der Waals surface area contributed by atoms with E-state index in [-0.39, 0.29) is 22.4 Å². The Hall–Kier alpha value is -2.44. The molecule has 0 saturated carbocycles. The first-order valence-electron chi connectivity index (χ1n) is 6.98. The molecule has 3 rings (SSSR count). The molecule has 1 aliphatic rings. The second-order valence-electron chi connectivity index (χ2n) is 4.87. The molecule has 122 valence electrons. The summed E-state index contributed by atoms with van der Waals surface area (Å²) in [4.78, 5) is 17.0. The maximum absolute atomic E-state index is 12.1. The maximum atomic E-state index is 12.1. The zero-order valence-corrected chi connectivity index (χ0v) is 14.2. The van der Waals surface area contributed by atoms with Gasteiger partial charge in [0.1, 0.15) is 0 Å². The molecule has 1 aliphatic heterocycles. The summed E-state index contributed by atoms with van der Waals surface area (Å²) in [5.41, 5.74) is 1.41. The monoisotopic (exact) mass is 360 g/mol. The van der Waals surface area contributed by atoms with Gasteiger partial charge in [0, 0.05) is 0 Å². The molecule has 1 amide bonds. The van der Waals surface area contributed by atoms with Gasteiger partial charge in [0.25, 0.3) is 5.91 Å². The zero-order chi connectivity index (χ0) is 17.1. The summed E-state index contributed by atoms with van der Waals surface area (Å²) in [6, 6.07) is 12.5. The van der Waals surface area contributed by atoms with Crippen LogP contribution >= 0.6 is 23.4 Å². The van der Waals surface area contributed by atoms with Gasteiger partial charge in [0.15, 0.2) is 16.7 Å². The highest BCUT2D eigenvalue weighted by molar-refractivity contribution is 8.18. The van der Waals surface area contributed by atoms with Gasteiger partial charge in [-0.2, -0.15) is 0 Å². The number of hydrogen-bond acceptors (Lipinski definition) is 5. The van der Waals surface area contributed by atoms with Gasteiger partial charge in [-0.1, -0.05) is 29.8 Å². The van der Waals surface area contributed by atoms with Crippen molar-refractivity contribution in [2.45, 2.75) is 0 Å². The number of aromatic hydroxyl groups is 1. The fourth-order valence-electron chi connectivity index (χ4n) is 2.08. The van der Waals surface area contributed by atoms with Gasteiger partial charge >= 0.3 is 0 Å². The highest BCUT2D eigenvalue weighted by atomic mass is 35.5. The summed E-state index contributed by atoms with van der Waals surface area (Å²) < 4.78 is 5.06. The molecule has 0 spiro atoms. The Kier molecular flexibility index (Phi) is 4.78. The molecule has 0 atom stereocenters. The number of hydrogen-bond donors (Lipinski definition) is 2. The molecule has 1 saturated heterocycles. The number of nitrogens with one attached hydrogen (secondary N) is 1. The van der Waals surface area contributed by atoms with Gasteiger partial charge in [-0.3, -0.25) is 4.79 Å². The van der Waals surface area contributed by atoms with Crippen molar-refractivity contribution < 1.29 is 14.6 Å². The van der Waals surface area contributed by atoms with Crippen molar-refractivity contribution in [3.63, 3.8) is 0 Å². The number of phenols is 1. The number of carbonyl (C=O) groups is 1. The van der Waals surface area contributed by atoms with Crippen LogP contribution in [0.5, 0.6) is 11.5 Å². The van der Waals surface area contributed by atoms with E-state index >= 15 is 0 Å². The third kappa shape index (κ3) is 3.55. The van der Waals surface area contributed by atoms with Gasteiger partial charge in [-0.25, -0.2) is 4.99 Å². The minimum absolute atomic E-state index is 0.129. The quantitative estimate of drug-likeness (QED) is 0.813. The first kappa shape index (κ1) is 16.4. The number of aliphatic imine (C=N–C) groups is 1. The SMILES string of the molecule is COc1cc(/C=C2\SC(=Nc3ccccc3)NC2=O)cc(Cl)c1O. The Morgan fingerprint density at radius 3 is 2.75 bits per heavy atom. The topological polar surface area (TPSA) is 70.9 Å². The van der Waals surface area contributed by atoms with E-state index in [0.717, 1.165) is 5.69 Å². The molecular formula is C17H13ClN2O3S. The van der Waals surface area contributed by atoms with Crippen LogP contribution in [0.3, 0.4) is 0 Å². The second-order valence-corrected chi connectivity index (χ2v) is 6.31. The number of rotatable bonds is 3. The molecule has 5 nitrogen and oxygen atoms in total. The van der Waals surface area contributed by atoms with Crippen LogP contribution in [0.15, 0.2) is 52.4 Å². The van der Waals surface area contributed by atoms with Crippen LogP contribution in [0, 0.1) is 0 Å². The van der Waals surface area contributed by atoms with Crippen molar-refractivity contribution in [2.24, 2.45) is 4.99 Å². The number of methoxy groups -OCH3 is 1. The average Bonchev–Trinajstić information content (AvgIpc) is 2.91. The second kappa shape index (κ2) is 6.98. The van der Waals surface area contributed by atoms with Gasteiger partial charge in [-0.05, 0) is 47.7 Å². The smallest absolute Gasteiger partial charge is 0.264 e. The van der Waals surface area contributed by atoms with E-state index in [0.29, 0.717) is 15.6 Å². The lowest BCUT2D eigenvalue weighted by Gasteiger charge is -2.06. The molecule has 7 heteroatoms. The first-order chi connectivity index (χ1) is 11.6. The van der Waals surface area contributed by atoms with Gasteiger partial charge in [-0.15, -0.1) is 0 Å². The van der Waals surface area contributed by atoms with E-state index in [1.807, 2.05) is 30.3 Å². The highest BCUT2D eigenvalue weighted by Gasteiger charge is 2.24. The van der Waals surface area contributed by atoms with Crippen LogP contribution in [0.4, 0.5) is 5.69 Å². The van der Waals surface area contributed by atoms with E-state index in [4.69, 9.17) is 16.3 Å². The van der Waals surface area contributed by atoms with Crippen LogP contribution in [0.1, 0.15) is 5.56 Å². The first-order valence-corrected chi connectivity index (χ1v) is 8.17. The molecule has 0 unspecified atom stereocenters. The fraction of sp³-hybridized carbons (Fsp3) is 0.0588. The van der Waals surface area contributed by atoms with Crippen LogP contribution in [-0.2, 0) is 4.79 Å². The van der Waals surface area contributed by atoms with Gasteiger partial charge in [0.05, 0.1) is 22.7 Å². The summed E-state index contributed by atoms with van der Waals surface area (Å²) in [5, 5.41) is 13.1. The maximum Gasteiger partial charge on any atom is 0.264 e. The molecule has 2 aromatic rings. The van der Waals surface area contributed by atoms with Crippen molar-refractivity contribution in [1.29, 1.82) is 0 Å².